The molecule has 0 spiro atoms. The molecule has 0 radical (unpaired) electrons. The van der Waals surface area contributed by atoms with E-state index in [9.17, 15) is 4.57 Å². The first-order valence-electron chi connectivity index (χ1n) is 5.51. The molecule has 0 aromatic rings. The second-order valence-corrected chi connectivity index (χ2v) is 5.86. The first kappa shape index (κ1) is 13.2. The van der Waals surface area contributed by atoms with Crippen molar-refractivity contribution >= 4 is 7.82 Å². The molecule has 1 rings (SSSR count). The predicted octanol–water partition coefficient (Wildman–Crippen LogP) is 3.37. The second-order valence-electron chi connectivity index (χ2n) is 4.02. The van der Waals surface area contributed by atoms with E-state index in [4.69, 9.17) is 13.6 Å². The lowest BCUT2D eigenvalue weighted by Gasteiger charge is -2.28. The molecule has 0 aliphatic heterocycles. The molecule has 1 atom stereocenters. The van der Waals surface area contributed by atoms with Gasteiger partial charge >= 0.3 is 7.82 Å². The van der Waals surface area contributed by atoms with Gasteiger partial charge in [-0.3, -0.25) is 13.6 Å². The molecule has 0 unspecified atom stereocenters. The molecule has 1 fully saturated rings. The average Bonchev–Trinajstić information content (AvgIpc) is 2.30. The third kappa shape index (κ3) is 3.87. The van der Waals surface area contributed by atoms with Gasteiger partial charge in [-0.15, -0.1) is 0 Å². The van der Waals surface area contributed by atoms with Gasteiger partial charge in [-0.25, -0.2) is 4.57 Å². The quantitative estimate of drug-likeness (QED) is 0.686. The van der Waals surface area contributed by atoms with Gasteiger partial charge in [-0.05, 0) is 25.7 Å². The van der Waals surface area contributed by atoms with Crippen molar-refractivity contribution in [3.8, 4) is 0 Å². The van der Waals surface area contributed by atoms with Crippen LogP contribution in [0.25, 0.3) is 0 Å². The Kier molecular flexibility index (Phi) is 5.27. The maximum Gasteiger partial charge on any atom is 0.474 e. The molecule has 0 amide bonds. The molecule has 15 heavy (non-hydrogen) atoms. The van der Waals surface area contributed by atoms with Gasteiger partial charge in [0.2, 0.25) is 0 Å². The van der Waals surface area contributed by atoms with Crippen LogP contribution in [0.2, 0.25) is 0 Å². The average molecular weight is 236 g/mol. The van der Waals surface area contributed by atoms with Crippen molar-refractivity contribution in [3.63, 3.8) is 0 Å². The molecule has 5 heteroatoms. The smallest absolute Gasteiger partial charge is 0.290 e. The SMILES string of the molecule is COP(=O)(OC)O[C@@H](C)C1CCCCC1. The topological polar surface area (TPSA) is 44.8 Å². The van der Waals surface area contributed by atoms with Crippen LogP contribution in [0.15, 0.2) is 0 Å². The third-order valence-corrected chi connectivity index (χ3v) is 4.54. The molecular formula is C10H21O4P. The van der Waals surface area contributed by atoms with Gasteiger partial charge in [0.05, 0.1) is 6.10 Å². The van der Waals surface area contributed by atoms with E-state index in [2.05, 4.69) is 0 Å². The monoisotopic (exact) mass is 236 g/mol. The van der Waals surface area contributed by atoms with E-state index in [0.29, 0.717) is 5.92 Å². The van der Waals surface area contributed by atoms with E-state index in [1.807, 2.05) is 6.92 Å². The number of phosphoric acid groups is 1. The van der Waals surface area contributed by atoms with Crippen LogP contribution >= 0.6 is 7.82 Å². The third-order valence-electron chi connectivity index (χ3n) is 3.06. The largest absolute Gasteiger partial charge is 0.474 e. The number of phosphoric ester groups is 1. The van der Waals surface area contributed by atoms with Gasteiger partial charge < -0.3 is 0 Å². The van der Waals surface area contributed by atoms with Crippen molar-refractivity contribution in [2.45, 2.75) is 45.1 Å². The van der Waals surface area contributed by atoms with Gasteiger partial charge in [0.15, 0.2) is 0 Å². The van der Waals surface area contributed by atoms with Crippen LogP contribution in [0, 0.1) is 5.92 Å². The summed E-state index contributed by atoms with van der Waals surface area (Å²) < 4.78 is 26.6. The molecule has 1 saturated carbocycles. The molecule has 0 N–H and O–H groups in total. The van der Waals surface area contributed by atoms with Crippen molar-refractivity contribution in [2.75, 3.05) is 14.2 Å². The van der Waals surface area contributed by atoms with Gasteiger partial charge in [-0.1, -0.05) is 19.3 Å². The Morgan fingerprint density at radius 2 is 1.67 bits per heavy atom. The Labute approximate surface area is 91.9 Å². The second kappa shape index (κ2) is 6.00. The van der Waals surface area contributed by atoms with E-state index in [-0.39, 0.29) is 6.10 Å². The Balaban J connectivity index is 2.45. The van der Waals surface area contributed by atoms with Crippen LogP contribution in [0.1, 0.15) is 39.0 Å². The normalized spacial score (nSPS) is 21.5. The summed E-state index contributed by atoms with van der Waals surface area (Å²) in [6, 6.07) is 0. The van der Waals surface area contributed by atoms with Crippen LogP contribution < -0.4 is 0 Å². The Morgan fingerprint density at radius 1 is 1.13 bits per heavy atom. The van der Waals surface area contributed by atoms with E-state index >= 15 is 0 Å². The molecule has 1 aliphatic rings. The lowest BCUT2D eigenvalue weighted by atomic mass is 9.86. The van der Waals surface area contributed by atoms with E-state index in [1.54, 1.807) is 0 Å². The maximum atomic E-state index is 11.7. The highest BCUT2D eigenvalue weighted by molar-refractivity contribution is 7.48. The van der Waals surface area contributed by atoms with Gasteiger partial charge in [0.25, 0.3) is 0 Å². The lowest BCUT2D eigenvalue weighted by molar-refractivity contribution is 0.0670. The first-order chi connectivity index (χ1) is 7.11. The van der Waals surface area contributed by atoms with E-state index in [1.165, 1.54) is 33.5 Å². The molecule has 1 aliphatic carbocycles. The van der Waals surface area contributed by atoms with E-state index in [0.717, 1.165) is 12.8 Å². The van der Waals surface area contributed by atoms with Crippen molar-refractivity contribution in [1.82, 2.24) is 0 Å². The fourth-order valence-corrected chi connectivity index (χ4v) is 2.95. The Bertz CT molecular complexity index is 217. The molecule has 0 heterocycles. The van der Waals surface area contributed by atoms with Crippen LogP contribution in [0.3, 0.4) is 0 Å². The minimum absolute atomic E-state index is 0.0592. The molecule has 0 bridgehead atoms. The predicted molar refractivity (Wildman–Crippen MR) is 58.7 cm³/mol. The number of hydrogen-bond donors (Lipinski definition) is 0. The standard InChI is InChI=1S/C10H21O4P/c1-9(10-7-5-4-6-8-10)14-15(11,12-2)13-3/h9-10H,4-8H2,1-3H3/t9-/m0/s1. The van der Waals surface area contributed by atoms with Crippen LogP contribution in [-0.4, -0.2) is 20.3 Å². The molecule has 4 nitrogen and oxygen atoms in total. The summed E-state index contributed by atoms with van der Waals surface area (Å²) >= 11 is 0. The lowest BCUT2D eigenvalue weighted by Crippen LogP contribution is -2.22. The molecule has 90 valence electrons. The summed E-state index contributed by atoms with van der Waals surface area (Å²) in [5, 5.41) is 0. The van der Waals surface area contributed by atoms with Gasteiger partial charge in [0.1, 0.15) is 0 Å². The summed E-state index contributed by atoms with van der Waals surface area (Å²) in [7, 11) is -0.614. The first-order valence-corrected chi connectivity index (χ1v) is 6.97. The Morgan fingerprint density at radius 3 is 2.13 bits per heavy atom. The molecule has 0 saturated heterocycles. The zero-order valence-electron chi connectivity index (χ0n) is 9.77. The zero-order chi connectivity index (χ0) is 11.3. The summed E-state index contributed by atoms with van der Waals surface area (Å²) in [5.74, 6) is 0.484. The van der Waals surface area contributed by atoms with Gasteiger partial charge in [0, 0.05) is 14.2 Å². The van der Waals surface area contributed by atoms with Crippen molar-refractivity contribution in [1.29, 1.82) is 0 Å². The minimum Gasteiger partial charge on any atom is -0.290 e. The van der Waals surface area contributed by atoms with Crippen LogP contribution in [0.5, 0.6) is 0 Å². The number of rotatable bonds is 5. The van der Waals surface area contributed by atoms with E-state index < -0.39 is 7.82 Å². The molecule has 0 aromatic heterocycles. The van der Waals surface area contributed by atoms with Crippen molar-refractivity contribution < 1.29 is 18.1 Å². The Hall–Kier alpha value is 0.110. The zero-order valence-corrected chi connectivity index (χ0v) is 10.7. The number of hydrogen-bond acceptors (Lipinski definition) is 4. The minimum atomic E-state index is -3.30. The van der Waals surface area contributed by atoms with Crippen molar-refractivity contribution in [2.24, 2.45) is 5.92 Å². The summed E-state index contributed by atoms with van der Waals surface area (Å²) in [4.78, 5) is 0. The summed E-state index contributed by atoms with van der Waals surface area (Å²) in [5.41, 5.74) is 0. The fourth-order valence-electron chi connectivity index (χ4n) is 2.05. The van der Waals surface area contributed by atoms with Crippen LogP contribution in [0.4, 0.5) is 0 Å². The highest BCUT2D eigenvalue weighted by Crippen LogP contribution is 2.50. The van der Waals surface area contributed by atoms with Crippen molar-refractivity contribution in [3.05, 3.63) is 0 Å². The maximum absolute atomic E-state index is 11.7. The highest BCUT2D eigenvalue weighted by atomic mass is 31.2. The summed E-state index contributed by atoms with van der Waals surface area (Å²) in [6.07, 6.45) is 6.01. The summed E-state index contributed by atoms with van der Waals surface area (Å²) in [6.45, 7) is 1.95. The highest BCUT2D eigenvalue weighted by Gasteiger charge is 2.30. The molecular weight excluding hydrogens is 215 g/mol. The molecule has 0 aromatic carbocycles. The van der Waals surface area contributed by atoms with Gasteiger partial charge in [-0.2, -0.15) is 0 Å². The fraction of sp³-hybridized carbons (Fsp3) is 1.00. The van der Waals surface area contributed by atoms with Crippen LogP contribution in [-0.2, 0) is 18.1 Å².